The molecule has 2 fully saturated rings. The number of benzene rings is 12. The van der Waals surface area contributed by atoms with E-state index in [1.807, 2.05) is 165 Å². The lowest BCUT2D eigenvalue weighted by Gasteiger charge is -2.09. The van der Waals surface area contributed by atoms with Gasteiger partial charge in [0.2, 0.25) is 0 Å². The molecule has 12 aromatic carbocycles. The van der Waals surface area contributed by atoms with Crippen molar-refractivity contribution in [2.45, 2.75) is 34.0 Å². The van der Waals surface area contributed by atoms with Gasteiger partial charge in [-0.1, -0.05) is 130 Å². The first-order valence-corrected chi connectivity index (χ1v) is 29.5. The van der Waals surface area contributed by atoms with Gasteiger partial charge in [0, 0.05) is 7.11 Å². The lowest BCUT2D eigenvalue weighted by molar-refractivity contribution is 0.0512. The highest BCUT2D eigenvalue weighted by atomic mass is 16.7. The van der Waals surface area contributed by atoms with Crippen LogP contribution in [0.1, 0.15) is 61.8 Å². The third-order valence-corrected chi connectivity index (χ3v) is 15.3. The van der Waals surface area contributed by atoms with Crippen molar-refractivity contribution < 1.29 is 66.5 Å². The van der Waals surface area contributed by atoms with Crippen LogP contribution in [0.3, 0.4) is 0 Å². The lowest BCUT2D eigenvalue weighted by Crippen LogP contribution is -2.08. The number of rotatable bonds is 19. The Bertz CT molecular complexity index is 4670. The summed E-state index contributed by atoms with van der Waals surface area (Å²) in [5, 5.41) is 7.69. The van der Waals surface area contributed by atoms with Crippen LogP contribution in [0.15, 0.2) is 243 Å². The second kappa shape index (κ2) is 28.8. The molecule has 14 heteroatoms. The highest BCUT2D eigenvalue weighted by molar-refractivity contribution is 6.00. The second-order valence-electron chi connectivity index (χ2n) is 22.0. The monoisotopic (exact) mass is 1240 g/mol. The van der Waals surface area contributed by atoms with E-state index < -0.39 is 23.9 Å². The number of fused-ring (bicyclic) bond motifs is 4. The minimum absolute atomic E-state index is 0. The molecule has 2 aliphatic rings. The Kier molecular flexibility index (Phi) is 19.6. The largest absolute Gasteiger partial charge is 0.491 e. The van der Waals surface area contributed by atoms with E-state index in [1.165, 1.54) is 5.56 Å². The Morgan fingerprint density at radius 1 is 0.323 bits per heavy atom. The molecule has 0 radical (unpaired) electrons. The van der Waals surface area contributed by atoms with Crippen LogP contribution >= 0.6 is 0 Å². The average Bonchev–Trinajstić information content (AvgIpc) is 1.60. The summed E-state index contributed by atoms with van der Waals surface area (Å²) in [5.41, 5.74) is 6.74. The predicted molar refractivity (Wildman–Crippen MR) is 361 cm³/mol. The van der Waals surface area contributed by atoms with Gasteiger partial charge >= 0.3 is 23.9 Å². The molecule has 14 nitrogen and oxygen atoms in total. The molecule has 466 valence electrons. The summed E-state index contributed by atoms with van der Waals surface area (Å²) in [6, 6.07) is 74.2. The van der Waals surface area contributed by atoms with Crippen molar-refractivity contribution >= 4 is 67.0 Å². The number of epoxide rings is 2. The van der Waals surface area contributed by atoms with E-state index in [1.54, 1.807) is 86.0 Å². The molecule has 0 N–H and O–H groups in total. The molecule has 2 aliphatic heterocycles. The van der Waals surface area contributed by atoms with Gasteiger partial charge in [0.25, 0.3) is 0 Å². The number of hydrogen-bond acceptors (Lipinski definition) is 14. The molecule has 0 aromatic heterocycles. The first kappa shape index (κ1) is 63.4. The molecule has 0 saturated carbocycles. The standard InChI is InChI=1S/C39H30O8.C38H28O6.2CH4/c1-42-24-45-36-17-11-28-19-32(5-3-30(28)21-36)39(41)47-34-14-8-26(9-15-34)25-6-12-33(13-7-25)46-38(40)31-4-2-29-20-35(16-10-27(29)18-31)43-22-37-23-44-37;1-24-2-3-28-19-31(6-4-27(28)18-24)37(39)43-33-13-8-25(9-14-33)26-10-15-34(16-11-26)44-38(40)32-7-5-30-21-35(17-12-29(30)20-32)41-22-36-23-42-36;;/h2-21,37H,22-24H2,1H3;2-21,36H,22-23H2,1H3;2*1H4. The predicted octanol–water partition coefficient (Wildman–Crippen LogP) is 17.3. The van der Waals surface area contributed by atoms with E-state index in [-0.39, 0.29) is 33.9 Å². The minimum Gasteiger partial charge on any atom is -0.491 e. The Morgan fingerprint density at radius 3 is 0.860 bits per heavy atom. The van der Waals surface area contributed by atoms with Crippen molar-refractivity contribution in [3.05, 3.63) is 270 Å². The number of methoxy groups -OCH3 is 1. The SMILES string of the molecule is C.C.COCOc1ccc2cc(C(=O)Oc3ccc(-c4ccc(OC(=O)c5ccc6cc(OCC7CO7)ccc6c5)cc4)cc3)ccc2c1.Cc1ccc2cc(C(=O)Oc3ccc(-c4ccc(OC(=O)c5ccc6cc(OCC7CO7)ccc6c5)cc4)cc3)ccc2c1. The second-order valence-corrected chi connectivity index (χ2v) is 22.0. The lowest BCUT2D eigenvalue weighted by atomic mass is 10.0. The zero-order valence-electron chi connectivity index (χ0n) is 49.5. The number of aryl methyl sites for hydroxylation is 1. The van der Waals surface area contributed by atoms with Gasteiger partial charge in [-0.15, -0.1) is 0 Å². The summed E-state index contributed by atoms with van der Waals surface area (Å²) in [5.74, 6) is 2.27. The molecule has 93 heavy (non-hydrogen) atoms. The van der Waals surface area contributed by atoms with Crippen molar-refractivity contribution in [1.29, 1.82) is 0 Å². The van der Waals surface area contributed by atoms with Gasteiger partial charge in [0.15, 0.2) is 6.79 Å². The van der Waals surface area contributed by atoms with E-state index >= 15 is 0 Å². The summed E-state index contributed by atoms with van der Waals surface area (Å²) in [4.78, 5) is 51.4. The molecule has 2 saturated heterocycles. The molecule has 0 amide bonds. The van der Waals surface area contributed by atoms with Crippen LogP contribution in [0.25, 0.3) is 65.3 Å². The van der Waals surface area contributed by atoms with Crippen molar-refractivity contribution in [2.24, 2.45) is 0 Å². The zero-order valence-corrected chi connectivity index (χ0v) is 49.5. The van der Waals surface area contributed by atoms with Crippen molar-refractivity contribution in [1.82, 2.24) is 0 Å². The molecule has 0 bridgehead atoms. The van der Waals surface area contributed by atoms with E-state index in [2.05, 4.69) is 6.07 Å². The third-order valence-electron chi connectivity index (χ3n) is 15.3. The Morgan fingerprint density at radius 2 is 0.570 bits per heavy atom. The fourth-order valence-electron chi connectivity index (χ4n) is 10.2. The fourth-order valence-corrected chi connectivity index (χ4v) is 10.2. The fraction of sp³-hybridized carbons (Fsp3) is 0.139. The molecule has 14 rings (SSSR count). The van der Waals surface area contributed by atoms with Gasteiger partial charge < -0.3 is 47.4 Å². The van der Waals surface area contributed by atoms with Crippen LogP contribution in [-0.2, 0) is 14.2 Å². The van der Waals surface area contributed by atoms with Gasteiger partial charge in [-0.2, -0.15) is 0 Å². The molecular formula is C79H66O14. The van der Waals surface area contributed by atoms with Crippen LogP contribution in [0, 0.1) is 6.92 Å². The van der Waals surface area contributed by atoms with Gasteiger partial charge in [-0.25, -0.2) is 19.2 Å². The Hall–Kier alpha value is -11.2. The van der Waals surface area contributed by atoms with Crippen molar-refractivity contribution in [3.8, 4) is 62.5 Å². The number of esters is 4. The zero-order chi connectivity index (χ0) is 62.2. The maximum Gasteiger partial charge on any atom is 0.343 e. The van der Waals surface area contributed by atoms with Gasteiger partial charge in [-0.3, -0.25) is 0 Å². The van der Waals surface area contributed by atoms with Crippen LogP contribution in [-0.4, -0.2) is 76.4 Å². The summed E-state index contributed by atoms with van der Waals surface area (Å²) < 4.78 is 54.8. The maximum atomic E-state index is 12.9. The van der Waals surface area contributed by atoms with Crippen LogP contribution in [0.2, 0.25) is 0 Å². The summed E-state index contributed by atoms with van der Waals surface area (Å²) >= 11 is 0. The Balaban J connectivity index is 0.000000186. The number of carbonyl (C=O) groups excluding carboxylic acids is 4. The maximum absolute atomic E-state index is 12.9. The highest BCUT2D eigenvalue weighted by Crippen LogP contribution is 2.31. The first-order chi connectivity index (χ1) is 44.5. The molecular weight excluding hydrogens is 1170 g/mol. The molecule has 2 unspecified atom stereocenters. The highest BCUT2D eigenvalue weighted by Gasteiger charge is 2.24. The van der Waals surface area contributed by atoms with E-state index in [0.29, 0.717) is 64.2 Å². The average molecular weight is 1240 g/mol. The number of carbonyl (C=O) groups is 4. The smallest absolute Gasteiger partial charge is 0.343 e. The third kappa shape index (κ3) is 16.1. The summed E-state index contributed by atoms with van der Waals surface area (Å²) in [6.07, 6.45) is 0.385. The van der Waals surface area contributed by atoms with Crippen LogP contribution in [0.4, 0.5) is 0 Å². The molecule has 2 heterocycles. The van der Waals surface area contributed by atoms with Crippen molar-refractivity contribution in [3.63, 3.8) is 0 Å². The molecule has 0 spiro atoms. The van der Waals surface area contributed by atoms with Crippen LogP contribution < -0.4 is 33.2 Å². The number of hydrogen-bond donors (Lipinski definition) is 0. The first-order valence-electron chi connectivity index (χ1n) is 29.5. The van der Waals surface area contributed by atoms with E-state index in [4.69, 9.17) is 47.4 Å². The van der Waals surface area contributed by atoms with E-state index in [0.717, 1.165) is 90.1 Å². The van der Waals surface area contributed by atoms with Gasteiger partial charge in [0.05, 0.1) is 35.5 Å². The topological polar surface area (TPSA) is 167 Å². The summed E-state index contributed by atoms with van der Waals surface area (Å²) in [7, 11) is 1.57. The molecule has 2 atom stereocenters. The quantitative estimate of drug-likeness (QED) is 0.0325. The normalized spacial score (nSPS) is 13.5. The minimum atomic E-state index is -0.449. The Labute approximate surface area is 538 Å². The van der Waals surface area contributed by atoms with Gasteiger partial charge in [0.1, 0.15) is 65.7 Å². The van der Waals surface area contributed by atoms with Crippen LogP contribution in [0.5, 0.6) is 40.2 Å². The summed E-state index contributed by atoms with van der Waals surface area (Å²) in [6.45, 7) is 4.79. The molecule has 12 aromatic rings. The van der Waals surface area contributed by atoms with E-state index in [9.17, 15) is 19.2 Å². The van der Waals surface area contributed by atoms with Crippen molar-refractivity contribution in [2.75, 3.05) is 40.3 Å². The molecule has 0 aliphatic carbocycles. The number of ether oxygens (including phenoxy) is 10. The van der Waals surface area contributed by atoms with Gasteiger partial charge in [-0.05, 0) is 206 Å².